The molecule has 0 radical (unpaired) electrons. The lowest BCUT2D eigenvalue weighted by Gasteiger charge is -2.21. The Labute approximate surface area is 113 Å². The maximum atomic E-state index is 12.3. The second kappa shape index (κ2) is 7.48. The molecule has 6 nitrogen and oxygen atoms in total. The first-order chi connectivity index (χ1) is 9.12. The Balaban J connectivity index is 2.88. The molecule has 0 atom stereocenters. The molecule has 104 valence electrons. The number of hydrogen-bond donors (Lipinski definition) is 2. The summed E-state index contributed by atoms with van der Waals surface area (Å²) in [6.07, 6.45) is 2.34. The number of aromatic nitrogens is 1. The predicted molar refractivity (Wildman–Crippen MR) is 72.4 cm³/mol. The largest absolute Gasteiger partial charge is 0.358 e. The van der Waals surface area contributed by atoms with E-state index in [2.05, 4.69) is 10.3 Å². The summed E-state index contributed by atoms with van der Waals surface area (Å²) in [5.74, 6) is -0.363. The van der Waals surface area contributed by atoms with Crippen LogP contribution in [0, 0.1) is 0 Å². The van der Waals surface area contributed by atoms with Gasteiger partial charge >= 0.3 is 0 Å². The van der Waals surface area contributed by atoms with E-state index in [9.17, 15) is 9.59 Å². The Morgan fingerprint density at radius 1 is 1.47 bits per heavy atom. The predicted octanol–water partition coefficient (Wildman–Crippen LogP) is 0.139. The number of rotatable bonds is 6. The summed E-state index contributed by atoms with van der Waals surface area (Å²) in [5, 5.41) is 2.52. The van der Waals surface area contributed by atoms with Gasteiger partial charge in [0, 0.05) is 31.9 Å². The quantitative estimate of drug-likeness (QED) is 0.765. The molecule has 0 aliphatic rings. The van der Waals surface area contributed by atoms with E-state index in [1.165, 1.54) is 4.90 Å². The number of nitrogens with two attached hydrogens (primary N) is 1. The van der Waals surface area contributed by atoms with Crippen LogP contribution in [-0.2, 0) is 11.3 Å². The summed E-state index contributed by atoms with van der Waals surface area (Å²) in [6, 6.07) is 3.29. The van der Waals surface area contributed by atoms with E-state index in [-0.39, 0.29) is 24.9 Å². The fraction of sp³-hybridized carbons (Fsp3) is 0.462. The fourth-order valence-corrected chi connectivity index (χ4v) is 1.68. The molecule has 3 N–H and O–H groups in total. The first-order valence-electron chi connectivity index (χ1n) is 6.27. The van der Waals surface area contributed by atoms with Crippen LogP contribution in [0.15, 0.2) is 18.3 Å². The molecule has 6 heteroatoms. The molecule has 0 saturated carbocycles. The van der Waals surface area contributed by atoms with Crippen LogP contribution in [0.1, 0.15) is 29.4 Å². The molecule has 0 saturated heterocycles. The van der Waals surface area contributed by atoms with Crippen molar-refractivity contribution >= 4 is 11.8 Å². The lowest BCUT2D eigenvalue weighted by Crippen LogP contribution is -2.40. The van der Waals surface area contributed by atoms with E-state index >= 15 is 0 Å². The Morgan fingerprint density at radius 2 is 2.21 bits per heavy atom. The summed E-state index contributed by atoms with van der Waals surface area (Å²) in [5.41, 5.74) is 6.67. The van der Waals surface area contributed by atoms with Gasteiger partial charge in [-0.15, -0.1) is 0 Å². The van der Waals surface area contributed by atoms with Gasteiger partial charge in [-0.25, -0.2) is 0 Å². The Bertz CT molecular complexity index is 448. The van der Waals surface area contributed by atoms with Crippen LogP contribution >= 0.6 is 0 Å². The van der Waals surface area contributed by atoms with Gasteiger partial charge in [-0.2, -0.15) is 0 Å². The molecule has 1 aromatic rings. The van der Waals surface area contributed by atoms with Gasteiger partial charge in [-0.1, -0.05) is 6.92 Å². The molecule has 0 unspecified atom stereocenters. The standard InChI is InChI=1S/C13H20N4O2/c1-3-6-17(9-12(18)15-2)13(19)10-4-5-16-11(7-10)8-14/h4-5,7H,3,6,8-9,14H2,1-2H3,(H,15,18). The lowest BCUT2D eigenvalue weighted by molar-refractivity contribution is -0.121. The Morgan fingerprint density at radius 3 is 2.79 bits per heavy atom. The average molecular weight is 264 g/mol. The minimum atomic E-state index is -0.185. The van der Waals surface area contributed by atoms with E-state index < -0.39 is 0 Å². The average Bonchev–Trinajstić information content (AvgIpc) is 2.45. The number of carbonyl (C=O) groups excluding carboxylic acids is 2. The van der Waals surface area contributed by atoms with Gasteiger partial charge in [-0.05, 0) is 18.6 Å². The van der Waals surface area contributed by atoms with Gasteiger partial charge in [0.25, 0.3) is 5.91 Å². The molecule has 0 aliphatic carbocycles. The first kappa shape index (κ1) is 15.1. The molecule has 0 spiro atoms. The monoisotopic (exact) mass is 264 g/mol. The van der Waals surface area contributed by atoms with Crippen molar-refractivity contribution in [2.75, 3.05) is 20.1 Å². The fourth-order valence-electron chi connectivity index (χ4n) is 1.68. The summed E-state index contributed by atoms with van der Waals surface area (Å²) in [6.45, 7) is 2.84. The molecular weight excluding hydrogens is 244 g/mol. The molecule has 0 fully saturated rings. The van der Waals surface area contributed by atoms with Crippen molar-refractivity contribution in [2.45, 2.75) is 19.9 Å². The van der Waals surface area contributed by atoms with Crippen molar-refractivity contribution in [3.8, 4) is 0 Å². The maximum absolute atomic E-state index is 12.3. The van der Waals surface area contributed by atoms with Crippen molar-refractivity contribution in [1.82, 2.24) is 15.2 Å². The molecule has 19 heavy (non-hydrogen) atoms. The van der Waals surface area contributed by atoms with E-state index in [0.717, 1.165) is 6.42 Å². The van der Waals surface area contributed by atoms with Crippen molar-refractivity contribution in [2.24, 2.45) is 5.73 Å². The van der Waals surface area contributed by atoms with Crippen LogP contribution in [0.2, 0.25) is 0 Å². The van der Waals surface area contributed by atoms with Gasteiger partial charge < -0.3 is 16.0 Å². The zero-order valence-electron chi connectivity index (χ0n) is 11.3. The highest BCUT2D eigenvalue weighted by molar-refractivity contribution is 5.96. The zero-order valence-corrected chi connectivity index (χ0v) is 11.3. The minimum absolute atomic E-state index is 0.0590. The second-order valence-corrected chi connectivity index (χ2v) is 4.14. The Kier molecular flexibility index (Phi) is 5.95. The molecule has 1 aromatic heterocycles. The van der Waals surface area contributed by atoms with Crippen LogP contribution < -0.4 is 11.1 Å². The molecule has 1 rings (SSSR count). The van der Waals surface area contributed by atoms with E-state index in [4.69, 9.17) is 5.73 Å². The summed E-state index contributed by atoms with van der Waals surface area (Å²) < 4.78 is 0. The second-order valence-electron chi connectivity index (χ2n) is 4.14. The van der Waals surface area contributed by atoms with Gasteiger partial charge in [0.05, 0.1) is 12.2 Å². The molecule has 0 bridgehead atoms. The smallest absolute Gasteiger partial charge is 0.254 e. The number of pyridine rings is 1. The number of carbonyl (C=O) groups is 2. The zero-order chi connectivity index (χ0) is 14.3. The summed E-state index contributed by atoms with van der Waals surface area (Å²) in [4.78, 5) is 29.3. The highest BCUT2D eigenvalue weighted by atomic mass is 16.2. The third kappa shape index (κ3) is 4.33. The third-order valence-corrected chi connectivity index (χ3v) is 2.67. The van der Waals surface area contributed by atoms with Gasteiger partial charge in [0.2, 0.25) is 5.91 Å². The highest BCUT2D eigenvalue weighted by Gasteiger charge is 2.17. The van der Waals surface area contributed by atoms with Crippen LogP contribution in [0.25, 0.3) is 0 Å². The van der Waals surface area contributed by atoms with Crippen molar-refractivity contribution < 1.29 is 9.59 Å². The molecule has 1 heterocycles. The maximum Gasteiger partial charge on any atom is 0.254 e. The molecule has 0 aliphatic heterocycles. The van der Waals surface area contributed by atoms with E-state index in [1.807, 2.05) is 6.92 Å². The number of hydrogen-bond acceptors (Lipinski definition) is 4. The minimum Gasteiger partial charge on any atom is -0.358 e. The summed E-state index contributed by atoms with van der Waals surface area (Å²) >= 11 is 0. The highest BCUT2D eigenvalue weighted by Crippen LogP contribution is 2.07. The normalized spacial score (nSPS) is 10.1. The van der Waals surface area contributed by atoms with Crippen LogP contribution in [0.3, 0.4) is 0 Å². The molecule has 0 aromatic carbocycles. The van der Waals surface area contributed by atoms with Gasteiger partial charge in [0.1, 0.15) is 0 Å². The SMILES string of the molecule is CCCN(CC(=O)NC)C(=O)c1ccnc(CN)c1. The number of amides is 2. The number of likely N-dealkylation sites (N-methyl/N-ethyl adjacent to an activating group) is 1. The van der Waals surface area contributed by atoms with Crippen LogP contribution in [0.4, 0.5) is 0 Å². The summed E-state index contributed by atoms with van der Waals surface area (Å²) in [7, 11) is 1.55. The molecule has 2 amide bonds. The first-order valence-corrected chi connectivity index (χ1v) is 6.27. The number of nitrogens with zero attached hydrogens (tertiary/aromatic N) is 2. The topological polar surface area (TPSA) is 88.3 Å². The van der Waals surface area contributed by atoms with Crippen molar-refractivity contribution in [3.05, 3.63) is 29.6 Å². The lowest BCUT2D eigenvalue weighted by atomic mass is 10.2. The van der Waals surface area contributed by atoms with Crippen molar-refractivity contribution in [3.63, 3.8) is 0 Å². The Hall–Kier alpha value is -1.95. The van der Waals surface area contributed by atoms with Gasteiger partial charge in [0.15, 0.2) is 0 Å². The molecular formula is C13H20N4O2. The van der Waals surface area contributed by atoms with E-state index in [1.54, 1.807) is 25.4 Å². The third-order valence-electron chi connectivity index (χ3n) is 2.67. The van der Waals surface area contributed by atoms with Crippen LogP contribution in [-0.4, -0.2) is 41.8 Å². The van der Waals surface area contributed by atoms with E-state index in [0.29, 0.717) is 17.8 Å². The van der Waals surface area contributed by atoms with Crippen LogP contribution in [0.5, 0.6) is 0 Å². The number of nitrogens with one attached hydrogen (secondary N) is 1. The van der Waals surface area contributed by atoms with Crippen molar-refractivity contribution in [1.29, 1.82) is 0 Å². The van der Waals surface area contributed by atoms with Gasteiger partial charge in [-0.3, -0.25) is 14.6 Å².